The lowest BCUT2D eigenvalue weighted by atomic mass is 10.0. The Morgan fingerprint density at radius 2 is 2.00 bits per heavy atom. The van der Waals surface area contributed by atoms with Crippen LogP contribution in [0.2, 0.25) is 0 Å². The van der Waals surface area contributed by atoms with Crippen molar-refractivity contribution >= 4 is 11.8 Å². The largest absolute Gasteiger partial charge is 0.497 e. The predicted octanol–water partition coefficient (Wildman–Crippen LogP) is 2.31. The number of hydrogen-bond donors (Lipinski definition) is 2. The lowest BCUT2D eigenvalue weighted by Gasteiger charge is -2.20. The molecule has 0 bridgehead atoms. The van der Waals surface area contributed by atoms with Gasteiger partial charge in [0.15, 0.2) is 0 Å². The van der Waals surface area contributed by atoms with E-state index < -0.39 is 0 Å². The molecule has 2 aromatic rings. The SMILES string of the molecule is COc1cccc(CNC(=O)[C@H]2CCC[C@H]2NC(=O)c2ccncc2)c1. The minimum Gasteiger partial charge on any atom is -0.497 e. The standard InChI is InChI=1S/C20H23N3O3/c1-26-16-5-2-4-14(12-16)13-22-20(25)17-6-3-7-18(17)23-19(24)15-8-10-21-11-9-15/h2,4-5,8-12,17-18H,3,6-7,13H2,1H3,(H,22,25)(H,23,24)/t17-,18+/m0/s1. The van der Waals surface area contributed by atoms with Gasteiger partial charge in [0.25, 0.3) is 5.91 Å². The van der Waals surface area contributed by atoms with Crippen LogP contribution in [0.4, 0.5) is 0 Å². The molecule has 1 aromatic heterocycles. The van der Waals surface area contributed by atoms with Gasteiger partial charge in [0.1, 0.15) is 5.75 Å². The second kappa shape index (κ2) is 8.47. The molecule has 2 N–H and O–H groups in total. The Bertz CT molecular complexity index is 764. The zero-order valence-corrected chi connectivity index (χ0v) is 14.8. The van der Waals surface area contributed by atoms with Crippen LogP contribution in [0.15, 0.2) is 48.8 Å². The molecule has 1 aromatic carbocycles. The number of hydrogen-bond acceptors (Lipinski definition) is 4. The van der Waals surface area contributed by atoms with Gasteiger partial charge >= 0.3 is 0 Å². The van der Waals surface area contributed by atoms with Crippen molar-refractivity contribution in [2.45, 2.75) is 31.8 Å². The summed E-state index contributed by atoms with van der Waals surface area (Å²) in [4.78, 5) is 28.8. The molecular weight excluding hydrogens is 330 g/mol. The van der Waals surface area contributed by atoms with Crippen LogP contribution >= 0.6 is 0 Å². The van der Waals surface area contributed by atoms with Gasteiger partial charge in [0.2, 0.25) is 5.91 Å². The molecule has 1 fully saturated rings. The molecule has 0 radical (unpaired) electrons. The molecule has 6 nitrogen and oxygen atoms in total. The van der Waals surface area contributed by atoms with Gasteiger partial charge in [-0.2, -0.15) is 0 Å². The summed E-state index contributed by atoms with van der Waals surface area (Å²) in [6, 6.07) is 10.8. The zero-order chi connectivity index (χ0) is 18.4. The van der Waals surface area contributed by atoms with Gasteiger partial charge in [0.05, 0.1) is 13.0 Å². The number of aromatic nitrogens is 1. The minimum atomic E-state index is -0.202. The van der Waals surface area contributed by atoms with Crippen LogP contribution in [0.25, 0.3) is 0 Å². The number of nitrogens with one attached hydrogen (secondary N) is 2. The average Bonchev–Trinajstić information content (AvgIpc) is 3.15. The molecule has 136 valence electrons. The van der Waals surface area contributed by atoms with Crippen LogP contribution in [0.3, 0.4) is 0 Å². The van der Waals surface area contributed by atoms with Crippen molar-refractivity contribution in [3.05, 3.63) is 59.9 Å². The maximum Gasteiger partial charge on any atom is 0.251 e. The van der Waals surface area contributed by atoms with Crippen LogP contribution in [0, 0.1) is 5.92 Å². The topological polar surface area (TPSA) is 80.3 Å². The van der Waals surface area contributed by atoms with Crippen molar-refractivity contribution in [1.29, 1.82) is 0 Å². The Kier molecular flexibility index (Phi) is 5.84. The molecule has 2 amide bonds. The Balaban J connectivity index is 1.57. The van der Waals surface area contributed by atoms with E-state index in [4.69, 9.17) is 4.74 Å². The van der Waals surface area contributed by atoms with Crippen molar-refractivity contribution in [2.75, 3.05) is 7.11 Å². The summed E-state index contributed by atoms with van der Waals surface area (Å²) in [5, 5.41) is 5.97. The Labute approximate surface area is 153 Å². The van der Waals surface area contributed by atoms with Crippen molar-refractivity contribution in [1.82, 2.24) is 15.6 Å². The summed E-state index contributed by atoms with van der Waals surface area (Å²) in [7, 11) is 1.62. The molecule has 0 unspecified atom stereocenters. The first-order valence-electron chi connectivity index (χ1n) is 8.79. The first-order valence-corrected chi connectivity index (χ1v) is 8.79. The van der Waals surface area contributed by atoms with Crippen LogP contribution in [0.1, 0.15) is 35.2 Å². The van der Waals surface area contributed by atoms with Crippen LogP contribution in [-0.2, 0) is 11.3 Å². The third-order valence-electron chi connectivity index (χ3n) is 4.71. The van der Waals surface area contributed by atoms with Gasteiger partial charge < -0.3 is 15.4 Å². The fraction of sp³-hybridized carbons (Fsp3) is 0.350. The summed E-state index contributed by atoms with van der Waals surface area (Å²) < 4.78 is 5.20. The lowest BCUT2D eigenvalue weighted by Crippen LogP contribution is -2.43. The van der Waals surface area contributed by atoms with Crippen molar-refractivity contribution < 1.29 is 14.3 Å². The fourth-order valence-corrected chi connectivity index (χ4v) is 3.30. The third kappa shape index (κ3) is 4.39. The number of methoxy groups -OCH3 is 1. The fourth-order valence-electron chi connectivity index (χ4n) is 3.30. The first kappa shape index (κ1) is 17.9. The monoisotopic (exact) mass is 353 g/mol. The van der Waals surface area contributed by atoms with Gasteiger partial charge in [0, 0.05) is 30.5 Å². The van der Waals surface area contributed by atoms with Gasteiger partial charge in [-0.15, -0.1) is 0 Å². The van der Waals surface area contributed by atoms with Gasteiger partial charge in [-0.3, -0.25) is 14.6 Å². The molecule has 0 saturated heterocycles. The van der Waals surface area contributed by atoms with E-state index in [1.165, 1.54) is 0 Å². The van der Waals surface area contributed by atoms with E-state index >= 15 is 0 Å². The highest BCUT2D eigenvalue weighted by atomic mass is 16.5. The molecule has 0 spiro atoms. The number of pyridine rings is 1. The highest BCUT2D eigenvalue weighted by molar-refractivity contribution is 5.94. The summed E-state index contributed by atoms with van der Waals surface area (Å²) >= 11 is 0. The number of ether oxygens (including phenoxy) is 1. The molecule has 6 heteroatoms. The van der Waals surface area contributed by atoms with Crippen LogP contribution in [-0.4, -0.2) is 29.9 Å². The quantitative estimate of drug-likeness (QED) is 0.835. The van der Waals surface area contributed by atoms with E-state index in [0.717, 1.165) is 30.6 Å². The predicted molar refractivity (Wildman–Crippen MR) is 97.7 cm³/mol. The van der Waals surface area contributed by atoms with Crippen molar-refractivity contribution in [2.24, 2.45) is 5.92 Å². The maximum absolute atomic E-state index is 12.6. The Morgan fingerprint density at radius 3 is 2.77 bits per heavy atom. The Hall–Kier alpha value is -2.89. The number of nitrogens with zero attached hydrogens (tertiary/aromatic N) is 1. The molecule has 1 aliphatic rings. The maximum atomic E-state index is 12.6. The van der Waals surface area contributed by atoms with E-state index in [1.54, 1.807) is 31.6 Å². The van der Waals surface area contributed by atoms with Gasteiger partial charge in [-0.05, 0) is 42.7 Å². The van der Waals surface area contributed by atoms with E-state index in [-0.39, 0.29) is 23.8 Å². The van der Waals surface area contributed by atoms with Gasteiger partial charge in [-0.25, -0.2) is 0 Å². The van der Waals surface area contributed by atoms with E-state index in [2.05, 4.69) is 15.6 Å². The molecule has 26 heavy (non-hydrogen) atoms. The molecule has 0 aliphatic heterocycles. The number of benzene rings is 1. The lowest BCUT2D eigenvalue weighted by molar-refractivity contribution is -0.125. The third-order valence-corrected chi connectivity index (χ3v) is 4.71. The molecular formula is C20H23N3O3. The smallest absolute Gasteiger partial charge is 0.251 e. The summed E-state index contributed by atoms with van der Waals surface area (Å²) in [5.74, 6) is 0.377. The summed E-state index contributed by atoms with van der Waals surface area (Å²) in [5.41, 5.74) is 1.54. The average molecular weight is 353 g/mol. The Morgan fingerprint density at radius 1 is 1.19 bits per heavy atom. The second-order valence-electron chi connectivity index (χ2n) is 6.42. The molecule has 3 rings (SSSR count). The molecule has 1 saturated carbocycles. The second-order valence-corrected chi connectivity index (χ2v) is 6.42. The molecule has 1 aliphatic carbocycles. The van der Waals surface area contributed by atoms with Crippen LogP contribution in [0.5, 0.6) is 5.75 Å². The number of carbonyl (C=O) groups excluding carboxylic acids is 2. The van der Waals surface area contributed by atoms with E-state index in [0.29, 0.717) is 12.1 Å². The normalized spacial score (nSPS) is 19.0. The van der Waals surface area contributed by atoms with Gasteiger partial charge in [-0.1, -0.05) is 18.6 Å². The first-order chi connectivity index (χ1) is 12.7. The highest BCUT2D eigenvalue weighted by Crippen LogP contribution is 2.26. The summed E-state index contributed by atoms with van der Waals surface area (Å²) in [6.45, 7) is 0.442. The van der Waals surface area contributed by atoms with Crippen molar-refractivity contribution in [3.8, 4) is 5.75 Å². The molecule has 1 heterocycles. The van der Waals surface area contributed by atoms with Crippen LogP contribution < -0.4 is 15.4 Å². The number of amides is 2. The minimum absolute atomic E-state index is 0.0228. The summed E-state index contributed by atoms with van der Waals surface area (Å²) in [6.07, 6.45) is 5.70. The highest BCUT2D eigenvalue weighted by Gasteiger charge is 2.34. The number of rotatable bonds is 6. The number of carbonyl (C=O) groups is 2. The van der Waals surface area contributed by atoms with E-state index in [9.17, 15) is 9.59 Å². The zero-order valence-electron chi connectivity index (χ0n) is 14.8. The van der Waals surface area contributed by atoms with Crippen molar-refractivity contribution in [3.63, 3.8) is 0 Å². The van der Waals surface area contributed by atoms with E-state index in [1.807, 2.05) is 24.3 Å². The molecule has 2 atom stereocenters.